The lowest BCUT2D eigenvalue weighted by Gasteiger charge is -2.11. The topological polar surface area (TPSA) is 65.1 Å². The SMILES string of the molecule is O=c1cc2c(NCC(O)CCl)cccc2c[nH]1. The third kappa shape index (κ3) is 2.78. The number of nitrogens with one attached hydrogen (secondary N) is 2. The molecule has 1 atom stereocenters. The second-order valence-corrected chi connectivity index (χ2v) is 4.10. The molecule has 1 aromatic carbocycles. The number of benzene rings is 1. The summed E-state index contributed by atoms with van der Waals surface area (Å²) in [6.45, 7) is 0.357. The molecule has 5 heteroatoms. The number of fused-ring (bicyclic) bond motifs is 1. The van der Waals surface area contributed by atoms with Crippen LogP contribution in [0.5, 0.6) is 0 Å². The molecular weight excluding hydrogens is 240 g/mol. The first-order valence-corrected chi connectivity index (χ1v) is 5.83. The van der Waals surface area contributed by atoms with E-state index in [-0.39, 0.29) is 11.4 Å². The van der Waals surface area contributed by atoms with E-state index in [1.165, 1.54) is 6.07 Å². The molecule has 0 spiro atoms. The van der Waals surface area contributed by atoms with E-state index in [2.05, 4.69) is 10.3 Å². The van der Waals surface area contributed by atoms with Crippen LogP contribution in [0.25, 0.3) is 10.8 Å². The lowest BCUT2D eigenvalue weighted by Crippen LogP contribution is -2.21. The molecular formula is C12H13ClN2O2. The van der Waals surface area contributed by atoms with Gasteiger partial charge in [0.25, 0.3) is 0 Å². The number of hydrogen-bond donors (Lipinski definition) is 3. The highest BCUT2D eigenvalue weighted by Gasteiger charge is 2.04. The van der Waals surface area contributed by atoms with Crippen molar-refractivity contribution in [3.63, 3.8) is 0 Å². The summed E-state index contributed by atoms with van der Waals surface area (Å²) >= 11 is 5.52. The predicted octanol–water partition coefficient (Wildman–Crippen LogP) is 1.54. The van der Waals surface area contributed by atoms with Crippen LogP contribution >= 0.6 is 11.6 Å². The Kier molecular flexibility index (Phi) is 3.66. The van der Waals surface area contributed by atoms with Crippen LogP contribution in [0, 0.1) is 0 Å². The van der Waals surface area contributed by atoms with Crippen molar-refractivity contribution in [1.29, 1.82) is 0 Å². The summed E-state index contributed by atoms with van der Waals surface area (Å²) in [4.78, 5) is 13.9. The highest BCUT2D eigenvalue weighted by atomic mass is 35.5. The first kappa shape index (κ1) is 12.0. The molecule has 0 bridgehead atoms. The third-order valence-corrected chi connectivity index (χ3v) is 2.85. The number of alkyl halides is 1. The van der Waals surface area contributed by atoms with Crippen molar-refractivity contribution < 1.29 is 5.11 Å². The standard InChI is InChI=1S/C12H13ClN2O2/c13-5-9(16)7-14-11-3-1-2-8-6-15-12(17)4-10(8)11/h1-4,6,9,14,16H,5,7H2,(H,15,17). The van der Waals surface area contributed by atoms with Crippen molar-refractivity contribution in [3.8, 4) is 0 Å². The molecule has 0 amide bonds. The van der Waals surface area contributed by atoms with Crippen LogP contribution in [-0.2, 0) is 0 Å². The maximum atomic E-state index is 11.3. The normalized spacial score (nSPS) is 12.6. The zero-order valence-corrected chi connectivity index (χ0v) is 9.87. The van der Waals surface area contributed by atoms with Crippen molar-refractivity contribution in [2.45, 2.75) is 6.10 Å². The van der Waals surface area contributed by atoms with Gasteiger partial charge >= 0.3 is 0 Å². The van der Waals surface area contributed by atoms with Crippen molar-refractivity contribution >= 4 is 28.1 Å². The lowest BCUT2D eigenvalue weighted by molar-refractivity contribution is 0.211. The van der Waals surface area contributed by atoms with Crippen LogP contribution in [0.1, 0.15) is 0 Å². The van der Waals surface area contributed by atoms with E-state index in [0.717, 1.165) is 16.5 Å². The van der Waals surface area contributed by atoms with E-state index in [4.69, 9.17) is 11.6 Å². The van der Waals surface area contributed by atoms with Crippen LogP contribution in [0.15, 0.2) is 35.3 Å². The molecule has 0 aliphatic rings. The van der Waals surface area contributed by atoms with Crippen molar-refractivity contribution in [2.24, 2.45) is 0 Å². The highest BCUT2D eigenvalue weighted by Crippen LogP contribution is 2.20. The number of H-pyrrole nitrogens is 1. The average Bonchev–Trinajstić information content (AvgIpc) is 2.35. The maximum absolute atomic E-state index is 11.3. The molecule has 0 radical (unpaired) electrons. The van der Waals surface area contributed by atoms with Gasteiger partial charge in [0.2, 0.25) is 5.56 Å². The monoisotopic (exact) mass is 252 g/mol. The van der Waals surface area contributed by atoms with Crippen LogP contribution in [0.3, 0.4) is 0 Å². The van der Waals surface area contributed by atoms with E-state index in [9.17, 15) is 9.90 Å². The summed E-state index contributed by atoms with van der Waals surface area (Å²) in [7, 11) is 0. The molecule has 1 aromatic heterocycles. The predicted molar refractivity (Wildman–Crippen MR) is 69.8 cm³/mol. The molecule has 17 heavy (non-hydrogen) atoms. The molecule has 90 valence electrons. The molecule has 0 aliphatic carbocycles. The molecule has 2 aromatic rings. The second kappa shape index (κ2) is 5.21. The van der Waals surface area contributed by atoms with Gasteiger partial charge in [-0.2, -0.15) is 0 Å². The Hall–Kier alpha value is -1.52. The Morgan fingerprint density at radius 2 is 2.29 bits per heavy atom. The van der Waals surface area contributed by atoms with Crippen LogP contribution in [-0.4, -0.2) is 28.6 Å². The Balaban J connectivity index is 2.33. The fourth-order valence-electron chi connectivity index (χ4n) is 1.63. The Morgan fingerprint density at radius 1 is 1.47 bits per heavy atom. The number of halogens is 1. The second-order valence-electron chi connectivity index (χ2n) is 3.79. The molecule has 3 N–H and O–H groups in total. The van der Waals surface area contributed by atoms with E-state index in [0.29, 0.717) is 6.54 Å². The Labute approximate surface area is 103 Å². The third-order valence-electron chi connectivity index (χ3n) is 2.49. The Bertz CT molecular complexity index is 568. The summed E-state index contributed by atoms with van der Waals surface area (Å²) in [5, 5.41) is 14.2. The molecule has 0 saturated carbocycles. The van der Waals surface area contributed by atoms with Gasteiger partial charge in [-0.15, -0.1) is 11.6 Å². The molecule has 0 fully saturated rings. The van der Waals surface area contributed by atoms with Crippen LogP contribution < -0.4 is 10.9 Å². The fraction of sp³-hybridized carbons (Fsp3) is 0.250. The van der Waals surface area contributed by atoms with Gasteiger partial charge in [-0.05, 0) is 6.07 Å². The average molecular weight is 253 g/mol. The number of anilines is 1. The van der Waals surface area contributed by atoms with Crippen molar-refractivity contribution in [2.75, 3.05) is 17.7 Å². The first-order chi connectivity index (χ1) is 8.20. The molecule has 1 heterocycles. The van der Waals surface area contributed by atoms with Gasteiger partial charge in [-0.3, -0.25) is 4.79 Å². The van der Waals surface area contributed by atoms with Gasteiger partial charge in [0, 0.05) is 35.3 Å². The number of aliphatic hydroxyl groups is 1. The van der Waals surface area contributed by atoms with Crippen LogP contribution in [0.4, 0.5) is 5.69 Å². The van der Waals surface area contributed by atoms with Gasteiger partial charge in [-0.1, -0.05) is 12.1 Å². The number of rotatable bonds is 4. The minimum atomic E-state index is -0.603. The van der Waals surface area contributed by atoms with Crippen molar-refractivity contribution in [1.82, 2.24) is 4.98 Å². The summed E-state index contributed by atoms with van der Waals surface area (Å²) in [5.74, 6) is 0.179. The summed E-state index contributed by atoms with van der Waals surface area (Å²) in [6, 6.07) is 7.19. The van der Waals surface area contributed by atoms with Crippen LogP contribution in [0.2, 0.25) is 0 Å². The zero-order chi connectivity index (χ0) is 12.3. The van der Waals surface area contributed by atoms with Gasteiger partial charge in [0.15, 0.2) is 0 Å². The Morgan fingerprint density at radius 3 is 3.06 bits per heavy atom. The number of hydrogen-bond acceptors (Lipinski definition) is 3. The molecule has 4 nitrogen and oxygen atoms in total. The van der Waals surface area contributed by atoms with E-state index >= 15 is 0 Å². The van der Waals surface area contributed by atoms with E-state index in [1.807, 2.05) is 18.2 Å². The molecule has 0 aliphatic heterocycles. The molecule has 2 rings (SSSR count). The minimum absolute atomic E-state index is 0.148. The van der Waals surface area contributed by atoms with Gasteiger partial charge in [0.05, 0.1) is 12.0 Å². The zero-order valence-electron chi connectivity index (χ0n) is 9.11. The van der Waals surface area contributed by atoms with Crippen molar-refractivity contribution in [3.05, 3.63) is 40.8 Å². The summed E-state index contributed by atoms with van der Waals surface area (Å²) < 4.78 is 0. The van der Waals surface area contributed by atoms with Gasteiger partial charge in [-0.25, -0.2) is 0 Å². The molecule has 0 saturated heterocycles. The minimum Gasteiger partial charge on any atom is -0.390 e. The quantitative estimate of drug-likeness (QED) is 0.724. The van der Waals surface area contributed by atoms with E-state index < -0.39 is 6.10 Å². The lowest BCUT2D eigenvalue weighted by atomic mass is 10.1. The van der Waals surface area contributed by atoms with Gasteiger partial charge < -0.3 is 15.4 Å². The number of aliphatic hydroxyl groups excluding tert-OH is 1. The van der Waals surface area contributed by atoms with E-state index in [1.54, 1.807) is 6.20 Å². The summed E-state index contributed by atoms with van der Waals surface area (Å²) in [6.07, 6.45) is 1.06. The number of aromatic nitrogens is 1. The largest absolute Gasteiger partial charge is 0.390 e. The maximum Gasteiger partial charge on any atom is 0.248 e. The smallest absolute Gasteiger partial charge is 0.248 e. The number of pyridine rings is 1. The fourth-order valence-corrected chi connectivity index (χ4v) is 1.74. The molecule has 1 unspecified atom stereocenters. The first-order valence-electron chi connectivity index (χ1n) is 5.30. The summed E-state index contributed by atoms with van der Waals surface area (Å²) in [5.41, 5.74) is 0.669. The number of aromatic amines is 1. The van der Waals surface area contributed by atoms with Gasteiger partial charge in [0.1, 0.15) is 0 Å². The highest BCUT2D eigenvalue weighted by molar-refractivity contribution is 6.18.